The number of pyridine rings is 1. The Morgan fingerprint density at radius 2 is 2.08 bits per heavy atom. The average molecular weight is 350 g/mol. The Labute approximate surface area is 143 Å². The minimum absolute atomic E-state index is 0.00955. The van der Waals surface area contributed by atoms with Crippen LogP contribution in [0.2, 0.25) is 5.15 Å². The van der Waals surface area contributed by atoms with Crippen molar-refractivity contribution in [3.05, 3.63) is 63.4 Å². The molecule has 0 aliphatic carbocycles. The van der Waals surface area contributed by atoms with Gasteiger partial charge >= 0.3 is 5.97 Å². The normalized spacial score (nSPS) is 10.2. The predicted molar refractivity (Wildman–Crippen MR) is 89.9 cm³/mol. The van der Waals surface area contributed by atoms with Crippen LogP contribution < -0.4 is 5.32 Å². The molecule has 1 aromatic carbocycles. The van der Waals surface area contributed by atoms with Gasteiger partial charge in [0.1, 0.15) is 17.4 Å². The first-order valence-corrected chi connectivity index (χ1v) is 7.67. The molecule has 0 bridgehead atoms. The Kier molecular flexibility index (Phi) is 6.51. The van der Waals surface area contributed by atoms with Gasteiger partial charge in [0.2, 0.25) is 0 Å². The fraction of sp³-hybridized carbons (Fsp3) is 0.250. The topological polar surface area (TPSA) is 94.4 Å². The first-order valence-electron chi connectivity index (χ1n) is 7.29. The standard InChI is InChI=1S/C16H16ClN3O4/c17-15-8-7-12(10-19-15)11-24-16(21)6-3-9-18-13-4-1-2-5-14(13)20(22)23/h1-2,4-5,7-8,10,18H,3,6,9,11H2. The van der Waals surface area contributed by atoms with Crippen molar-refractivity contribution < 1.29 is 14.5 Å². The number of nitro benzene ring substituents is 1. The number of rotatable bonds is 8. The highest BCUT2D eigenvalue weighted by Crippen LogP contribution is 2.22. The van der Waals surface area contributed by atoms with Gasteiger partial charge in [0.05, 0.1) is 4.92 Å². The second-order valence-corrected chi connectivity index (χ2v) is 5.34. The molecule has 0 unspecified atom stereocenters. The van der Waals surface area contributed by atoms with Crippen LogP contribution >= 0.6 is 11.6 Å². The van der Waals surface area contributed by atoms with Crippen LogP contribution in [0.15, 0.2) is 42.6 Å². The SMILES string of the molecule is O=C(CCCNc1ccccc1[N+](=O)[O-])OCc1ccc(Cl)nc1. The Hall–Kier alpha value is -2.67. The van der Waals surface area contributed by atoms with E-state index >= 15 is 0 Å². The van der Waals surface area contributed by atoms with Gasteiger partial charge in [-0.15, -0.1) is 0 Å². The van der Waals surface area contributed by atoms with E-state index in [4.69, 9.17) is 16.3 Å². The summed E-state index contributed by atoms with van der Waals surface area (Å²) in [5.74, 6) is -0.339. The van der Waals surface area contributed by atoms with Gasteiger partial charge in [0.15, 0.2) is 0 Å². The van der Waals surface area contributed by atoms with Gasteiger partial charge in [-0.2, -0.15) is 0 Å². The number of para-hydroxylation sites is 2. The van der Waals surface area contributed by atoms with E-state index in [0.29, 0.717) is 23.8 Å². The largest absolute Gasteiger partial charge is 0.461 e. The smallest absolute Gasteiger partial charge is 0.306 e. The van der Waals surface area contributed by atoms with Crippen molar-refractivity contribution >= 4 is 28.9 Å². The second-order valence-electron chi connectivity index (χ2n) is 4.95. The Morgan fingerprint density at radius 3 is 2.79 bits per heavy atom. The molecule has 0 amide bonds. The summed E-state index contributed by atoms with van der Waals surface area (Å²) in [4.78, 5) is 26.0. The zero-order valence-corrected chi connectivity index (χ0v) is 13.5. The van der Waals surface area contributed by atoms with Crippen molar-refractivity contribution in [3.8, 4) is 0 Å². The summed E-state index contributed by atoms with van der Waals surface area (Å²) < 4.78 is 5.12. The van der Waals surface area contributed by atoms with Gasteiger partial charge in [-0.3, -0.25) is 14.9 Å². The molecule has 2 rings (SSSR count). The van der Waals surface area contributed by atoms with Gasteiger partial charge in [0, 0.05) is 30.8 Å². The highest BCUT2D eigenvalue weighted by atomic mass is 35.5. The third-order valence-electron chi connectivity index (χ3n) is 3.16. The van der Waals surface area contributed by atoms with Gasteiger partial charge in [-0.05, 0) is 18.6 Å². The monoisotopic (exact) mass is 349 g/mol. The predicted octanol–water partition coefficient (Wildman–Crippen LogP) is 3.58. The molecule has 8 heteroatoms. The number of benzene rings is 1. The fourth-order valence-electron chi connectivity index (χ4n) is 1.97. The number of hydrogen-bond acceptors (Lipinski definition) is 6. The van der Waals surface area contributed by atoms with E-state index in [1.165, 1.54) is 6.07 Å². The van der Waals surface area contributed by atoms with E-state index < -0.39 is 4.92 Å². The summed E-state index contributed by atoms with van der Waals surface area (Å²) in [5, 5.41) is 14.2. The maximum Gasteiger partial charge on any atom is 0.306 e. The molecule has 1 heterocycles. The number of hydrogen-bond donors (Lipinski definition) is 1. The van der Waals surface area contributed by atoms with E-state index in [-0.39, 0.29) is 24.7 Å². The summed E-state index contributed by atoms with van der Waals surface area (Å²) in [6, 6.07) is 9.73. The van der Waals surface area contributed by atoms with Crippen LogP contribution in [-0.4, -0.2) is 22.4 Å². The van der Waals surface area contributed by atoms with Gasteiger partial charge < -0.3 is 10.1 Å². The molecule has 0 spiro atoms. The molecule has 7 nitrogen and oxygen atoms in total. The summed E-state index contributed by atoms with van der Waals surface area (Å²) in [5.41, 5.74) is 1.20. The summed E-state index contributed by atoms with van der Waals surface area (Å²) in [7, 11) is 0. The third-order valence-corrected chi connectivity index (χ3v) is 3.39. The number of halogens is 1. The van der Waals surface area contributed by atoms with Crippen LogP contribution in [-0.2, 0) is 16.1 Å². The van der Waals surface area contributed by atoms with Gasteiger partial charge in [0.25, 0.3) is 5.69 Å². The van der Waals surface area contributed by atoms with Crippen molar-refractivity contribution in [2.24, 2.45) is 0 Å². The van der Waals surface area contributed by atoms with Crippen LogP contribution in [0.25, 0.3) is 0 Å². The minimum atomic E-state index is -0.448. The lowest BCUT2D eigenvalue weighted by atomic mass is 10.2. The molecule has 0 atom stereocenters. The first-order chi connectivity index (χ1) is 11.6. The van der Waals surface area contributed by atoms with Crippen LogP contribution in [0.4, 0.5) is 11.4 Å². The molecule has 0 radical (unpaired) electrons. The number of ether oxygens (including phenoxy) is 1. The Bertz CT molecular complexity index is 707. The molecule has 0 aliphatic rings. The fourth-order valence-corrected chi connectivity index (χ4v) is 2.08. The van der Waals surface area contributed by atoms with Gasteiger partial charge in [-0.25, -0.2) is 4.98 Å². The first kappa shape index (κ1) is 17.7. The zero-order chi connectivity index (χ0) is 17.4. The van der Waals surface area contributed by atoms with E-state index in [9.17, 15) is 14.9 Å². The minimum Gasteiger partial charge on any atom is -0.461 e. The van der Waals surface area contributed by atoms with E-state index in [2.05, 4.69) is 10.3 Å². The average Bonchev–Trinajstić information content (AvgIpc) is 2.58. The molecular weight excluding hydrogens is 334 g/mol. The Balaban J connectivity index is 1.69. The molecule has 126 valence electrons. The molecule has 0 saturated heterocycles. The number of anilines is 1. The molecule has 0 saturated carbocycles. The lowest BCUT2D eigenvalue weighted by Gasteiger charge is -2.07. The molecule has 2 aromatic rings. The lowest BCUT2D eigenvalue weighted by Crippen LogP contribution is -2.09. The number of nitrogens with zero attached hydrogens (tertiary/aromatic N) is 2. The number of nitro groups is 1. The van der Waals surface area contributed by atoms with Crippen LogP contribution in [0.3, 0.4) is 0 Å². The molecule has 0 fully saturated rings. The van der Waals surface area contributed by atoms with Crippen molar-refractivity contribution in [1.82, 2.24) is 4.98 Å². The summed E-state index contributed by atoms with van der Waals surface area (Å²) in [6.45, 7) is 0.572. The second kappa shape index (κ2) is 8.83. The molecule has 1 N–H and O–H groups in total. The molecule has 1 aromatic heterocycles. The van der Waals surface area contributed by atoms with Crippen LogP contribution in [0.5, 0.6) is 0 Å². The Morgan fingerprint density at radius 1 is 1.29 bits per heavy atom. The molecule has 0 aliphatic heterocycles. The van der Waals surface area contributed by atoms with Crippen molar-refractivity contribution in [2.75, 3.05) is 11.9 Å². The zero-order valence-electron chi connectivity index (χ0n) is 12.8. The number of carbonyl (C=O) groups excluding carboxylic acids is 1. The maximum atomic E-state index is 11.7. The summed E-state index contributed by atoms with van der Waals surface area (Å²) in [6.07, 6.45) is 2.27. The number of aromatic nitrogens is 1. The van der Waals surface area contributed by atoms with Gasteiger partial charge in [-0.1, -0.05) is 29.8 Å². The van der Waals surface area contributed by atoms with Crippen LogP contribution in [0.1, 0.15) is 18.4 Å². The quantitative estimate of drug-likeness (QED) is 0.257. The third kappa shape index (κ3) is 5.51. The number of nitrogens with one attached hydrogen (secondary N) is 1. The number of esters is 1. The summed E-state index contributed by atoms with van der Waals surface area (Å²) >= 11 is 5.67. The van der Waals surface area contributed by atoms with Crippen LogP contribution in [0, 0.1) is 10.1 Å². The molecule has 24 heavy (non-hydrogen) atoms. The maximum absolute atomic E-state index is 11.7. The van der Waals surface area contributed by atoms with E-state index in [1.807, 2.05) is 0 Å². The van der Waals surface area contributed by atoms with Crippen molar-refractivity contribution in [3.63, 3.8) is 0 Å². The highest BCUT2D eigenvalue weighted by Gasteiger charge is 2.11. The van der Waals surface area contributed by atoms with Crippen molar-refractivity contribution in [1.29, 1.82) is 0 Å². The van der Waals surface area contributed by atoms with E-state index in [1.54, 1.807) is 36.5 Å². The lowest BCUT2D eigenvalue weighted by molar-refractivity contribution is -0.384. The highest BCUT2D eigenvalue weighted by molar-refractivity contribution is 6.29. The molecular formula is C16H16ClN3O4. The van der Waals surface area contributed by atoms with E-state index in [0.717, 1.165) is 5.56 Å². The van der Waals surface area contributed by atoms with Crippen molar-refractivity contribution in [2.45, 2.75) is 19.4 Å². The number of carbonyl (C=O) groups is 1.